The number of anilines is 1. The van der Waals surface area contributed by atoms with Gasteiger partial charge in [-0.25, -0.2) is 9.97 Å². The highest BCUT2D eigenvalue weighted by Gasteiger charge is 2.26. The van der Waals surface area contributed by atoms with E-state index in [0.717, 1.165) is 30.4 Å². The monoisotopic (exact) mass is 312 g/mol. The highest BCUT2D eigenvalue weighted by molar-refractivity contribution is 5.31. The summed E-state index contributed by atoms with van der Waals surface area (Å²) in [5.74, 6) is 1.67. The molecule has 1 aliphatic heterocycles. The summed E-state index contributed by atoms with van der Waals surface area (Å²) >= 11 is 0. The fourth-order valence-corrected chi connectivity index (χ4v) is 3.14. The predicted octanol–water partition coefficient (Wildman–Crippen LogP) is 2.89. The van der Waals surface area contributed by atoms with Gasteiger partial charge in [-0.3, -0.25) is 4.90 Å². The van der Waals surface area contributed by atoms with Gasteiger partial charge in [-0.15, -0.1) is 0 Å². The Morgan fingerprint density at radius 2 is 2.04 bits per heavy atom. The van der Waals surface area contributed by atoms with Gasteiger partial charge in [0.25, 0.3) is 0 Å². The molecule has 3 rings (SSSR count). The molecule has 1 aromatic heterocycles. The smallest absolute Gasteiger partial charge is 0.224 e. The molecule has 0 saturated carbocycles. The molecule has 0 N–H and O–H groups in total. The van der Waals surface area contributed by atoms with Crippen molar-refractivity contribution in [3.8, 4) is 5.75 Å². The van der Waals surface area contributed by atoms with Gasteiger partial charge in [0, 0.05) is 44.6 Å². The van der Waals surface area contributed by atoms with E-state index in [2.05, 4.69) is 33.1 Å². The van der Waals surface area contributed by atoms with Crippen LogP contribution in [0.25, 0.3) is 0 Å². The van der Waals surface area contributed by atoms with Crippen molar-refractivity contribution >= 4 is 5.95 Å². The summed E-state index contributed by atoms with van der Waals surface area (Å²) in [6.45, 7) is 1.99. The summed E-state index contributed by atoms with van der Waals surface area (Å²) in [6, 6.07) is 8.85. The molecule has 2 heterocycles. The Hall–Kier alpha value is -2.14. The van der Waals surface area contributed by atoms with Crippen LogP contribution in [0.15, 0.2) is 36.7 Å². The topological polar surface area (TPSA) is 41.5 Å². The van der Waals surface area contributed by atoms with E-state index in [-0.39, 0.29) is 0 Å². The number of likely N-dealkylation sites (tertiary alicyclic amines) is 1. The summed E-state index contributed by atoms with van der Waals surface area (Å²) in [7, 11) is 5.62. The zero-order chi connectivity index (χ0) is 16.2. The first-order valence-corrected chi connectivity index (χ1v) is 8.03. The third-order valence-corrected chi connectivity index (χ3v) is 4.32. The summed E-state index contributed by atoms with van der Waals surface area (Å²) < 4.78 is 5.36. The molecule has 2 aromatic rings. The molecule has 0 unspecified atom stereocenters. The van der Waals surface area contributed by atoms with Crippen molar-refractivity contribution in [1.82, 2.24) is 14.9 Å². The Kier molecular flexibility index (Phi) is 4.76. The Morgan fingerprint density at radius 1 is 1.26 bits per heavy atom. The van der Waals surface area contributed by atoms with Crippen LogP contribution in [0.2, 0.25) is 0 Å². The fourth-order valence-electron chi connectivity index (χ4n) is 3.14. The van der Waals surface area contributed by atoms with Crippen LogP contribution in [0.5, 0.6) is 5.75 Å². The summed E-state index contributed by atoms with van der Waals surface area (Å²) in [6.07, 6.45) is 6.27. The van der Waals surface area contributed by atoms with E-state index in [1.165, 1.54) is 18.4 Å². The minimum absolute atomic E-state index is 0.443. The van der Waals surface area contributed by atoms with Crippen LogP contribution in [0.1, 0.15) is 30.0 Å². The number of methoxy groups -OCH3 is 1. The van der Waals surface area contributed by atoms with E-state index < -0.39 is 0 Å². The molecule has 0 radical (unpaired) electrons. The number of hydrogen-bond donors (Lipinski definition) is 0. The molecule has 122 valence electrons. The van der Waals surface area contributed by atoms with E-state index in [1.807, 2.05) is 37.5 Å². The molecule has 5 heteroatoms. The quantitative estimate of drug-likeness (QED) is 0.849. The zero-order valence-corrected chi connectivity index (χ0v) is 14.1. The number of aromatic nitrogens is 2. The lowest BCUT2D eigenvalue weighted by Gasteiger charge is -2.25. The zero-order valence-electron chi connectivity index (χ0n) is 14.1. The predicted molar refractivity (Wildman–Crippen MR) is 91.7 cm³/mol. The van der Waals surface area contributed by atoms with Gasteiger partial charge in [-0.2, -0.15) is 0 Å². The second-order valence-corrected chi connectivity index (χ2v) is 6.19. The fraction of sp³-hybridized carbons (Fsp3) is 0.444. The van der Waals surface area contributed by atoms with Gasteiger partial charge in [-0.1, -0.05) is 12.1 Å². The number of nitrogens with zero attached hydrogens (tertiary/aromatic N) is 4. The number of rotatable bonds is 5. The highest BCUT2D eigenvalue weighted by atomic mass is 16.5. The molecule has 0 spiro atoms. The molecule has 0 aliphatic carbocycles. The number of ether oxygens (including phenoxy) is 1. The molecule has 5 nitrogen and oxygen atoms in total. The second-order valence-electron chi connectivity index (χ2n) is 6.19. The molecule has 1 fully saturated rings. The largest absolute Gasteiger partial charge is 0.497 e. The van der Waals surface area contributed by atoms with E-state index in [0.29, 0.717) is 6.04 Å². The van der Waals surface area contributed by atoms with Gasteiger partial charge in [-0.05, 0) is 37.1 Å². The second kappa shape index (κ2) is 6.96. The van der Waals surface area contributed by atoms with Crippen LogP contribution in [0.4, 0.5) is 5.95 Å². The molecule has 23 heavy (non-hydrogen) atoms. The molecular weight excluding hydrogens is 288 g/mol. The maximum absolute atomic E-state index is 5.36. The van der Waals surface area contributed by atoms with E-state index in [9.17, 15) is 0 Å². The Balaban J connectivity index is 1.73. The minimum Gasteiger partial charge on any atom is -0.497 e. The van der Waals surface area contributed by atoms with Gasteiger partial charge in [0.2, 0.25) is 5.95 Å². The number of benzene rings is 1. The van der Waals surface area contributed by atoms with E-state index in [1.54, 1.807) is 7.11 Å². The molecule has 1 aliphatic rings. The van der Waals surface area contributed by atoms with Crippen LogP contribution < -0.4 is 9.64 Å². The molecule has 1 saturated heterocycles. The van der Waals surface area contributed by atoms with Crippen LogP contribution >= 0.6 is 0 Å². The maximum Gasteiger partial charge on any atom is 0.224 e. The third-order valence-electron chi connectivity index (χ3n) is 4.32. The molecule has 0 amide bonds. The SMILES string of the molecule is COc1cccc([C@H]2CCCN2Cc2cnc(N(C)C)nc2)c1. The number of hydrogen-bond acceptors (Lipinski definition) is 5. The van der Waals surface area contributed by atoms with Crippen molar-refractivity contribution in [1.29, 1.82) is 0 Å². The lowest BCUT2D eigenvalue weighted by atomic mass is 10.0. The van der Waals surface area contributed by atoms with Gasteiger partial charge in [0.15, 0.2) is 0 Å². The van der Waals surface area contributed by atoms with Crippen LogP contribution in [-0.2, 0) is 6.54 Å². The first kappa shape index (κ1) is 15.7. The first-order valence-electron chi connectivity index (χ1n) is 8.03. The average molecular weight is 312 g/mol. The van der Waals surface area contributed by atoms with Gasteiger partial charge < -0.3 is 9.64 Å². The van der Waals surface area contributed by atoms with Crippen molar-refractivity contribution in [3.05, 3.63) is 47.8 Å². The average Bonchev–Trinajstić information content (AvgIpc) is 3.03. The minimum atomic E-state index is 0.443. The van der Waals surface area contributed by atoms with Gasteiger partial charge in [0.1, 0.15) is 5.75 Å². The highest BCUT2D eigenvalue weighted by Crippen LogP contribution is 2.34. The van der Waals surface area contributed by atoms with Crippen molar-refractivity contribution in [2.45, 2.75) is 25.4 Å². The summed E-state index contributed by atoms with van der Waals surface area (Å²) in [4.78, 5) is 13.2. The van der Waals surface area contributed by atoms with Crippen molar-refractivity contribution in [3.63, 3.8) is 0 Å². The van der Waals surface area contributed by atoms with Crippen LogP contribution in [0.3, 0.4) is 0 Å². The van der Waals surface area contributed by atoms with Crippen molar-refractivity contribution in [2.24, 2.45) is 0 Å². The molecule has 1 aromatic carbocycles. The lowest BCUT2D eigenvalue weighted by molar-refractivity contribution is 0.247. The van der Waals surface area contributed by atoms with E-state index >= 15 is 0 Å². The lowest BCUT2D eigenvalue weighted by Crippen LogP contribution is -2.23. The van der Waals surface area contributed by atoms with Crippen LogP contribution in [-0.4, -0.2) is 42.6 Å². The molecule has 1 atom stereocenters. The first-order chi connectivity index (χ1) is 11.2. The maximum atomic E-state index is 5.36. The van der Waals surface area contributed by atoms with Crippen molar-refractivity contribution in [2.75, 3.05) is 32.6 Å². The van der Waals surface area contributed by atoms with Crippen LogP contribution in [0, 0.1) is 0 Å². The Labute approximate surface area is 137 Å². The Morgan fingerprint density at radius 3 is 2.74 bits per heavy atom. The third kappa shape index (κ3) is 3.62. The summed E-state index contributed by atoms with van der Waals surface area (Å²) in [5, 5.41) is 0. The van der Waals surface area contributed by atoms with Gasteiger partial charge >= 0.3 is 0 Å². The molecular formula is C18H24N4O. The standard InChI is InChI=1S/C18H24N4O/c1-21(2)18-19-11-14(12-20-18)13-22-9-5-8-17(22)15-6-4-7-16(10-15)23-3/h4,6-7,10-12,17H,5,8-9,13H2,1-3H3/t17-/m1/s1. The Bertz CT molecular complexity index is 642. The normalized spacial score (nSPS) is 18.1. The molecule has 0 bridgehead atoms. The van der Waals surface area contributed by atoms with Crippen molar-refractivity contribution < 1.29 is 4.74 Å². The van der Waals surface area contributed by atoms with E-state index in [4.69, 9.17) is 4.74 Å². The summed E-state index contributed by atoms with van der Waals surface area (Å²) in [5.41, 5.74) is 2.48. The van der Waals surface area contributed by atoms with Gasteiger partial charge in [0.05, 0.1) is 7.11 Å².